The summed E-state index contributed by atoms with van der Waals surface area (Å²) in [6, 6.07) is 14.2. The topological polar surface area (TPSA) is 92.0 Å². The second-order valence-electron chi connectivity index (χ2n) is 9.88. The summed E-state index contributed by atoms with van der Waals surface area (Å²) >= 11 is 0. The highest BCUT2D eigenvalue weighted by atomic mass is 19.4. The minimum atomic E-state index is -4.76. The van der Waals surface area contributed by atoms with Crippen LogP contribution < -0.4 is 4.90 Å². The van der Waals surface area contributed by atoms with Crippen LogP contribution in [0.3, 0.4) is 0 Å². The normalized spacial score (nSPS) is 34.6. The Kier molecular flexibility index (Phi) is 5.22. The van der Waals surface area contributed by atoms with Gasteiger partial charge in [0.05, 0.1) is 54.6 Å². The van der Waals surface area contributed by atoms with E-state index in [4.69, 9.17) is 19.5 Å². The lowest BCUT2D eigenvalue weighted by atomic mass is 9.64. The van der Waals surface area contributed by atoms with Crippen LogP contribution in [0.15, 0.2) is 48.5 Å². The molecule has 2 aromatic carbocycles. The van der Waals surface area contributed by atoms with Crippen molar-refractivity contribution in [3.05, 3.63) is 65.2 Å². The molecular weight excluding hydrogens is 477 g/mol. The average molecular weight is 500 g/mol. The Morgan fingerprint density at radius 1 is 1.22 bits per heavy atom. The van der Waals surface area contributed by atoms with Crippen LogP contribution in [-0.4, -0.2) is 47.8 Å². The molecule has 1 spiro atoms. The summed E-state index contributed by atoms with van der Waals surface area (Å²) in [4.78, 5) is 15.1. The molecule has 4 saturated heterocycles. The number of benzene rings is 2. The fraction of sp³-hybridized carbons (Fsp3) is 0.462. The summed E-state index contributed by atoms with van der Waals surface area (Å²) in [5.74, 6) is -1.78. The fourth-order valence-electron chi connectivity index (χ4n) is 6.55. The molecule has 188 valence electrons. The minimum Gasteiger partial charge on any atom is -0.390 e. The highest BCUT2D eigenvalue weighted by Gasteiger charge is 2.79. The molecule has 0 aliphatic carbocycles. The van der Waals surface area contributed by atoms with Crippen molar-refractivity contribution < 1.29 is 37.3 Å². The molecule has 6 rings (SSSR count). The molecule has 0 unspecified atom stereocenters. The van der Waals surface area contributed by atoms with Crippen molar-refractivity contribution in [2.45, 2.75) is 49.2 Å². The van der Waals surface area contributed by atoms with Crippen molar-refractivity contribution >= 4 is 11.6 Å². The number of rotatable bonds is 5. The van der Waals surface area contributed by atoms with Gasteiger partial charge in [0.1, 0.15) is 11.8 Å². The van der Waals surface area contributed by atoms with Gasteiger partial charge in [0.15, 0.2) is 0 Å². The van der Waals surface area contributed by atoms with Crippen molar-refractivity contribution in [3.8, 4) is 6.07 Å². The molecule has 4 aliphatic rings. The first-order valence-corrected chi connectivity index (χ1v) is 11.8. The molecule has 0 saturated carbocycles. The number of alkyl halides is 3. The predicted octanol–water partition coefficient (Wildman–Crippen LogP) is 3.39. The van der Waals surface area contributed by atoms with Gasteiger partial charge in [0.25, 0.3) is 0 Å². The molecule has 2 aromatic rings. The van der Waals surface area contributed by atoms with E-state index in [1.165, 1.54) is 11.0 Å². The molecule has 6 atom stereocenters. The van der Waals surface area contributed by atoms with E-state index in [1.54, 1.807) is 6.07 Å². The van der Waals surface area contributed by atoms with Crippen LogP contribution in [0.2, 0.25) is 0 Å². The number of aliphatic hydroxyl groups is 1. The third-order valence-corrected chi connectivity index (χ3v) is 8.01. The van der Waals surface area contributed by atoms with Gasteiger partial charge in [-0.25, -0.2) is 0 Å². The van der Waals surface area contributed by atoms with Crippen LogP contribution in [0.1, 0.15) is 29.5 Å². The average Bonchev–Trinajstić information content (AvgIpc) is 3.43. The Labute approximate surface area is 205 Å². The molecule has 7 nitrogen and oxygen atoms in total. The Morgan fingerprint density at radius 2 is 2.00 bits per heavy atom. The van der Waals surface area contributed by atoms with Gasteiger partial charge in [0.2, 0.25) is 5.91 Å². The molecule has 4 aliphatic heterocycles. The number of carbonyl (C=O) groups excluding carboxylic acids is 1. The maximum atomic E-state index is 13.9. The number of amides is 1. The highest BCUT2D eigenvalue weighted by molar-refractivity contribution is 6.00. The summed E-state index contributed by atoms with van der Waals surface area (Å²) in [7, 11) is 0. The zero-order valence-electron chi connectivity index (χ0n) is 19.1. The number of halogens is 3. The number of nitriles is 1. The first-order valence-electron chi connectivity index (χ1n) is 11.8. The summed E-state index contributed by atoms with van der Waals surface area (Å²) in [5, 5.41) is 20.3. The smallest absolute Gasteiger partial charge is 0.390 e. The number of nitrogens with zero attached hydrogens (tertiary/aromatic N) is 2. The monoisotopic (exact) mass is 500 g/mol. The quantitative estimate of drug-likeness (QED) is 0.677. The lowest BCUT2D eigenvalue weighted by Gasteiger charge is -2.42. The van der Waals surface area contributed by atoms with Gasteiger partial charge in [-0.3, -0.25) is 9.69 Å². The Hall–Kier alpha value is -2.97. The summed E-state index contributed by atoms with van der Waals surface area (Å²) in [6.45, 7) is 0.443. The van der Waals surface area contributed by atoms with Crippen LogP contribution in [0.5, 0.6) is 0 Å². The van der Waals surface area contributed by atoms with Crippen LogP contribution >= 0.6 is 0 Å². The van der Waals surface area contributed by atoms with E-state index in [0.717, 1.165) is 17.7 Å². The van der Waals surface area contributed by atoms with Gasteiger partial charge < -0.3 is 19.3 Å². The number of fused-ring (bicyclic) bond motifs is 2. The molecule has 4 fully saturated rings. The van der Waals surface area contributed by atoms with Crippen molar-refractivity contribution in [3.63, 3.8) is 0 Å². The third kappa shape index (κ3) is 3.23. The number of hydrogen-bond acceptors (Lipinski definition) is 6. The summed E-state index contributed by atoms with van der Waals surface area (Å²) in [5.41, 5.74) is -2.87. The number of carbonyl (C=O) groups is 1. The highest BCUT2D eigenvalue weighted by Crippen LogP contribution is 2.65. The van der Waals surface area contributed by atoms with Crippen LogP contribution in [0.25, 0.3) is 0 Å². The molecule has 1 N–H and O–H groups in total. The second kappa shape index (κ2) is 8.02. The third-order valence-electron chi connectivity index (χ3n) is 8.01. The Morgan fingerprint density at radius 3 is 2.72 bits per heavy atom. The van der Waals surface area contributed by atoms with E-state index < -0.39 is 58.6 Å². The second-order valence-corrected chi connectivity index (χ2v) is 9.88. The molecule has 36 heavy (non-hydrogen) atoms. The molecule has 0 aromatic heterocycles. The molecular formula is C26H23F3N2O5. The standard InChI is InChI=1S/C26H23F3N2O5/c27-26(28,29)18-10-17(7-6-16(18)12-30)31-22(33)20-21-23(31)35-9-8-24(21)11-19(32)25(20,36-24)14-34-13-15-4-2-1-3-5-15/h1-7,10,19-21,23,32H,8-9,11,13-14H2/t19-,20-,21+,23+,24+,25-/m0/s1. The van der Waals surface area contributed by atoms with E-state index in [0.29, 0.717) is 12.8 Å². The SMILES string of the molecule is N#Cc1ccc(N2C(=O)[C@@H]3[C@@H]4[C@H]2OCC[C@@]42C[C@H](O)[C@]3(COCc3ccccc3)O2)cc1C(F)(F)F. The van der Waals surface area contributed by atoms with Gasteiger partial charge in [-0.15, -0.1) is 0 Å². The van der Waals surface area contributed by atoms with Crippen LogP contribution in [0.4, 0.5) is 18.9 Å². The maximum Gasteiger partial charge on any atom is 0.417 e. The first-order chi connectivity index (χ1) is 17.2. The number of anilines is 1. The lowest BCUT2D eigenvalue weighted by Crippen LogP contribution is -2.55. The molecule has 10 heteroatoms. The molecule has 1 amide bonds. The minimum absolute atomic E-state index is 0.00276. The van der Waals surface area contributed by atoms with E-state index in [-0.39, 0.29) is 25.5 Å². The molecule has 0 radical (unpaired) electrons. The largest absolute Gasteiger partial charge is 0.417 e. The van der Waals surface area contributed by atoms with E-state index in [1.807, 2.05) is 30.3 Å². The van der Waals surface area contributed by atoms with Gasteiger partial charge >= 0.3 is 6.18 Å². The van der Waals surface area contributed by atoms with Gasteiger partial charge in [-0.2, -0.15) is 18.4 Å². The van der Waals surface area contributed by atoms with Crippen molar-refractivity contribution in [2.75, 3.05) is 18.1 Å². The number of ether oxygens (including phenoxy) is 3. The fourth-order valence-corrected chi connectivity index (χ4v) is 6.55. The first kappa shape index (κ1) is 23.4. The zero-order valence-corrected chi connectivity index (χ0v) is 19.1. The Bertz CT molecular complexity index is 1250. The lowest BCUT2D eigenvalue weighted by molar-refractivity contribution is -0.161. The van der Waals surface area contributed by atoms with Crippen LogP contribution in [-0.2, 0) is 31.8 Å². The van der Waals surface area contributed by atoms with Crippen LogP contribution in [0, 0.1) is 23.2 Å². The molecule has 4 heterocycles. The molecule has 2 bridgehead atoms. The van der Waals surface area contributed by atoms with Gasteiger partial charge in [0, 0.05) is 24.4 Å². The van der Waals surface area contributed by atoms with Gasteiger partial charge in [-0.1, -0.05) is 30.3 Å². The maximum absolute atomic E-state index is 13.9. The van der Waals surface area contributed by atoms with E-state index >= 15 is 0 Å². The van der Waals surface area contributed by atoms with E-state index in [2.05, 4.69) is 0 Å². The number of hydrogen-bond donors (Lipinski definition) is 1. The van der Waals surface area contributed by atoms with E-state index in [9.17, 15) is 23.1 Å². The summed E-state index contributed by atoms with van der Waals surface area (Å²) < 4.78 is 59.3. The van der Waals surface area contributed by atoms with Crippen molar-refractivity contribution in [2.24, 2.45) is 11.8 Å². The number of aliphatic hydroxyl groups excluding tert-OH is 1. The predicted molar refractivity (Wildman–Crippen MR) is 118 cm³/mol. The van der Waals surface area contributed by atoms with Gasteiger partial charge in [-0.05, 0) is 23.8 Å². The van der Waals surface area contributed by atoms with Crippen molar-refractivity contribution in [1.29, 1.82) is 5.26 Å². The van der Waals surface area contributed by atoms with Crippen molar-refractivity contribution in [1.82, 2.24) is 0 Å². The zero-order chi connectivity index (χ0) is 25.3. The summed E-state index contributed by atoms with van der Waals surface area (Å²) in [6.07, 6.45) is -5.81. The Balaban J connectivity index is 1.36.